The number of hydrogen-bond acceptors (Lipinski definition) is 6. The SMILES string of the molecule is COC(=O)C(c1nc(-c2ccc(Br)s2)no1)C1CCCC1. The zero-order chi connectivity index (χ0) is 14.8. The Kier molecular flexibility index (Phi) is 4.40. The third-order valence-corrected chi connectivity index (χ3v) is 5.45. The average molecular weight is 371 g/mol. The molecule has 2 aromatic heterocycles. The number of hydrogen-bond donors (Lipinski definition) is 0. The summed E-state index contributed by atoms with van der Waals surface area (Å²) in [5.74, 6) is 0.397. The number of aromatic nitrogens is 2. The van der Waals surface area contributed by atoms with Crippen LogP contribution in [0.3, 0.4) is 0 Å². The molecule has 1 saturated carbocycles. The van der Waals surface area contributed by atoms with Gasteiger partial charge in [-0.1, -0.05) is 18.0 Å². The summed E-state index contributed by atoms with van der Waals surface area (Å²) in [5, 5.41) is 4.00. The predicted octanol–water partition coefficient (Wildman–Crippen LogP) is 4.01. The van der Waals surface area contributed by atoms with Crippen LogP contribution in [0.15, 0.2) is 20.4 Å². The standard InChI is InChI=1S/C14H15BrN2O3S/c1-19-14(18)11(8-4-2-3-5-8)13-16-12(17-20-13)9-6-7-10(15)21-9/h6-8,11H,2-5H2,1H3. The van der Waals surface area contributed by atoms with E-state index < -0.39 is 5.92 Å². The Bertz CT molecular complexity index is 634. The van der Waals surface area contributed by atoms with Crippen molar-refractivity contribution in [2.75, 3.05) is 7.11 Å². The molecule has 21 heavy (non-hydrogen) atoms. The van der Waals surface area contributed by atoms with Gasteiger partial charge in [-0.3, -0.25) is 4.79 Å². The van der Waals surface area contributed by atoms with Crippen LogP contribution in [0.4, 0.5) is 0 Å². The maximum Gasteiger partial charge on any atom is 0.318 e. The molecule has 1 fully saturated rings. The lowest BCUT2D eigenvalue weighted by atomic mass is 9.91. The number of thiophene rings is 1. The molecule has 1 atom stereocenters. The lowest BCUT2D eigenvalue weighted by Gasteiger charge is -2.16. The first-order valence-corrected chi connectivity index (χ1v) is 8.47. The van der Waals surface area contributed by atoms with Gasteiger partial charge in [0.1, 0.15) is 5.92 Å². The highest BCUT2D eigenvalue weighted by molar-refractivity contribution is 9.11. The van der Waals surface area contributed by atoms with Gasteiger partial charge < -0.3 is 9.26 Å². The molecule has 2 aromatic rings. The minimum Gasteiger partial charge on any atom is -0.468 e. The van der Waals surface area contributed by atoms with Crippen LogP contribution in [-0.4, -0.2) is 23.2 Å². The van der Waals surface area contributed by atoms with E-state index in [2.05, 4.69) is 26.1 Å². The van der Waals surface area contributed by atoms with E-state index in [0.717, 1.165) is 34.3 Å². The summed E-state index contributed by atoms with van der Waals surface area (Å²) in [7, 11) is 1.40. The zero-order valence-corrected chi connectivity index (χ0v) is 13.9. The van der Waals surface area contributed by atoms with E-state index in [1.54, 1.807) is 0 Å². The quantitative estimate of drug-likeness (QED) is 0.760. The second kappa shape index (κ2) is 6.27. The Labute approximate surface area is 134 Å². The molecule has 2 heterocycles. The van der Waals surface area contributed by atoms with Gasteiger partial charge in [0.25, 0.3) is 0 Å². The summed E-state index contributed by atoms with van der Waals surface area (Å²) < 4.78 is 11.3. The number of methoxy groups -OCH3 is 1. The Morgan fingerprint density at radius 1 is 1.48 bits per heavy atom. The normalized spacial score (nSPS) is 17.0. The van der Waals surface area contributed by atoms with Crippen LogP contribution < -0.4 is 0 Å². The van der Waals surface area contributed by atoms with Crippen molar-refractivity contribution in [1.82, 2.24) is 10.1 Å². The average Bonchev–Trinajstić information content (AvgIpc) is 3.20. The van der Waals surface area contributed by atoms with Crippen LogP contribution in [0.2, 0.25) is 0 Å². The monoisotopic (exact) mass is 370 g/mol. The first-order chi connectivity index (χ1) is 10.2. The van der Waals surface area contributed by atoms with E-state index in [9.17, 15) is 4.79 Å². The first kappa shape index (κ1) is 14.7. The van der Waals surface area contributed by atoms with Crippen molar-refractivity contribution in [1.29, 1.82) is 0 Å². The van der Waals surface area contributed by atoms with E-state index in [-0.39, 0.29) is 11.9 Å². The smallest absolute Gasteiger partial charge is 0.318 e. The second-order valence-corrected chi connectivity index (χ2v) is 7.57. The Hall–Kier alpha value is -1.21. The molecule has 0 N–H and O–H groups in total. The van der Waals surface area contributed by atoms with Crippen LogP contribution in [0.25, 0.3) is 10.7 Å². The fourth-order valence-corrected chi connectivity index (χ4v) is 4.12. The molecule has 7 heteroatoms. The molecule has 1 aliphatic carbocycles. The summed E-state index contributed by atoms with van der Waals surface area (Å²) >= 11 is 4.94. The number of halogens is 1. The van der Waals surface area contributed by atoms with Crippen molar-refractivity contribution in [2.24, 2.45) is 5.92 Å². The molecule has 0 spiro atoms. The third-order valence-electron chi connectivity index (χ3n) is 3.83. The first-order valence-electron chi connectivity index (χ1n) is 6.86. The van der Waals surface area contributed by atoms with Crippen molar-refractivity contribution in [3.05, 3.63) is 21.8 Å². The molecule has 0 radical (unpaired) electrons. The maximum absolute atomic E-state index is 12.1. The maximum atomic E-state index is 12.1. The van der Waals surface area contributed by atoms with E-state index >= 15 is 0 Å². The highest BCUT2D eigenvalue weighted by Crippen LogP contribution is 2.38. The van der Waals surface area contributed by atoms with Gasteiger partial charge in [-0.2, -0.15) is 4.98 Å². The van der Waals surface area contributed by atoms with Gasteiger partial charge >= 0.3 is 5.97 Å². The van der Waals surface area contributed by atoms with Crippen molar-refractivity contribution in [3.63, 3.8) is 0 Å². The van der Waals surface area contributed by atoms with Crippen LogP contribution in [0, 0.1) is 5.92 Å². The van der Waals surface area contributed by atoms with Gasteiger partial charge in [0.05, 0.1) is 15.8 Å². The molecule has 0 amide bonds. The minimum absolute atomic E-state index is 0.237. The van der Waals surface area contributed by atoms with Crippen molar-refractivity contribution >= 4 is 33.2 Å². The van der Waals surface area contributed by atoms with Gasteiger partial charge in [-0.15, -0.1) is 11.3 Å². The van der Waals surface area contributed by atoms with Gasteiger partial charge in [-0.05, 0) is 46.8 Å². The highest BCUT2D eigenvalue weighted by atomic mass is 79.9. The fourth-order valence-electron chi connectivity index (χ4n) is 2.81. The molecule has 1 unspecified atom stereocenters. The number of ether oxygens (including phenoxy) is 1. The van der Waals surface area contributed by atoms with Gasteiger partial charge in [0.2, 0.25) is 11.7 Å². The van der Waals surface area contributed by atoms with Crippen LogP contribution in [0.1, 0.15) is 37.5 Å². The lowest BCUT2D eigenvalue weighted by molar-refractivity contribution is -0.144. The van der Waals surface area contributed by atoms with Gasteiger partial charge in [0, 0.05) is 0 Å². The zero-order valence-electron chi connectivity index (χ0n) is 11.5. The Morgan fingerprint density at radius 3 is 2.86 bits per heavy atom. The van der Waals surface area contributed by atoms with Crippen molar-refractivity contribution < 1.29 is 14.1 Å². The number of esters is 1. The van der Waals surface area contributed by atoms with Crippen molar-refractivity contribution in [2.45, 2.75) is 31.6 Å². The molecule has 5 nitrogen and oxygen atoms in total. The van der Waals surface area contributed by atoms with Crippen molar-refractivity contribution in [3.8, 4) is 10.7 Å². The summed E-state index contributed by atoms with van der Waals surface area (Å²) in [4.78, 5) is 17.4. The fraction of sp³-hybridized carbons (Fsp3) is 0.500. The number of carbonyl (C=O) groups excluding carboxylic acids is 1. The van der Waals surface area contributed by atoms with Crippen LogP contribution >= 0.6 is 27.3 Å². The highest BCUT2D eigenvalue weighted by Gasteiger charge is 2.37. The summed E-state index contributed by atoms with van der Waals surface area (Å²) in [6.07, 6.45) is 4.28. The number of carbonyl (C=O) groups is 1. The van der Waals surface area contributed by atoms with Gasteiger partial charge in [0.15, 0.2) is 0 Å². The molecule has 112 valence electrons. The molecule has 1 aliphatic rings. The number of rotatable bonds is 4. The van der Waals surface area contributed by atoms with Gasteiger partial charge in [-0.25, -0.2) is 0 Å². The van der Waals surface area contributed by atoms with E-state index in [1.165, 1.54) is 18.4 Å². The lowest BCUT2D eigenvalue weighted by Crippen LogP contribution is -2.21. The summed E-state index contributed by atoms with van der Waals surface area (Å²) in [5.41, 5.74) is 0. The topological polar surface area (TPSA) is 65.2 Å². The summed E-state index contributed by atoms with van der Waals surface area (Å²) in [6.45, 7) is 0. The van der Waals surface area contributed by atoms with E-state index in [0.29, 0.717) is 11.7 Å². The molecule has 0 aromatic carbocycles. The summed E-state index contributed by atoms with van der Waals surface area (Å²) in [6, 6.07) is 3.86. The second-order valence-electron chi connectivity index (χ2n) is 5.11. The molecule has 0 aliphatic heterocycles. The molecular formula is C14H15BrN2O3S. The Balaban J connectivity index is 1.89. The predicted molar refractivity (Wildman–Crippen MR) is 82.0 cm³/mol. The van der Waals surface area contributed by atoms with E-state index in [4.69, 9.17) is 9.26 Å². The molecule has 0 bridgehead atoms. The largest absolute Gasteiger partial charge is 0.468 e. The van der Waals surface area contributed by atoms with Crippen LogP contribution in [-0.2, 0) is 9.53 Å². The molecule has 0 saturated heterocycles. The minimum atomic E-state index is -0.442. The third kappa shape index (κ3) is 3.03. The number of nitrogens with zero attached hydrogens (tertiary/aromatic N) is 2. The van der Waals surface area contributed by atoms with Crippen LogP contribution in [0.5, 0.6) is 0 Å². The molecule has 3 rings (SSSR count). The van der Waals surface area contributed by atoms with E-state index in [1.807, 2.05) is 12.1 Å². The molecular weight excluding hydrogens is 356 g/mol. The Morgan fingerprint density at radius 2 is 2.24 bits per heavy atom.